The largest absolute Gasteiger partial charge is 0.384 e. The van der Waals surface area contributed by atoms with Crippen molar-refractivity contribution in [3.63, 3.8) is 0 Å². The molecule has 3 heteroatoms. The highest BCUT2D eigenvalue weighted by atomic mass is 15.1. The van der Waals surface area contributed by atoms with Gasteiger partial charge in [0.05, 0.1) is 5.69 Å². The Kier molecular flexibility index (Phi) is 3.25. The van der Waals surface area contributed by atoms with Crippen LogP contribution in [0, 0.1) is 0 Å². The standard InChI is InChI=1S/C13H19N3/c1-16(2)11-8-6-10(7-9-11)12-4-3-5-13(14)15-12/h3-6,11H,7-9H2,1-2H3,(H2,14,15). The van der Waals surface area contributed by atoms with Gasteiger partial charge in [-0.3, -0.25) is 0 Å². The summed E-state index contributed by atoms with van der Waals surface area (Å²) in [5, 5.41) is 0. The van der Waals surface area contributed by atoms with Crippen LogP contribution in [-0.4, -0.2) is 30.0 Å². The van der Waals surface area contributed by atoms with Crippen molar-refractivity contribution in [2.75, 3.05) is 19.8 Å². The highest BCUT2D eigenvalue weighted by Crippen LogP contribution is 2.27. The van der Waals surface area contributed by atoms with E-state index in [9.17, 15) is 0 Å². The summed E-state index contributed by atoms with van der Waals surface area (Å²) < 4.78 is 0. The molecule has 1 unspecified atom stereocenters. The van der Waals surface area contributed by atoms with E-state index in [0.717, 1.165) is 18.5 Å². The molecule has 1 aliphatic carbocycles. The predicted molar refractivity (Wildman–Crippen MR) is 68.0 cm³/mol. The Morgan fingerprint density at radius 2 is 2.19 bits per heavy atom. The number of nitrogen functional groups attached to an aromatic ring is 1. The third kappa shape index (κ3) is 2.42. The Balaban J connectivity index is 2.13. The molecule has 0 radical (unpaired) electrons. The second kappa shape index (κ2) is 4.66. The highest BCUT2D eigenvalue weighted by Gasteiger charge is 2.17. The van der Waals surface area contributed by atoms with E-state index in [4.69, 9.17) is 5.73 Å². The molecule has 0 aliphatic heterocycles. The van der Waals surface area contributed by atoms with Crippen LogP contribution in [0.15, 0.2) is 24.3 Å². The summed E-state index contributed by atoms with van der Waals surface area (Å²) in [6, 6.07) is 6.51. The average Bonchev–Trinajstić information content (AvgIpc) is 2.29. The fraction of sp³-hybridized carbons (Fsp3) is 0.462. The van der Waals surface area contributed by atoms with Gasteiger partial charge in [-0.05, 0) is 51.1 Å². The van der Waals surface area contributed by atoms with Crippen molar-refractivity contribution in [1.82, 2.24) is 9.88 Å². The lowest BCUT2D eigenvalue weighted by Crippen LogP contribution is -2.29. The number of rotatable bonds is 2. The molecule has 16 heavy (non-hydrogen) atoms. The van der Waals surface area contributed by atoms with Gasteiger partial charge in [-0.15, -0.1) is 0 Å². The Bertz CT molecular complexity index is 396. The quantitative estimate of drug-likeness (QED) is 0.825. The third-order valence-electron chi connectivity index (χ3n) is 3.21. The van der Waals surface area contributed by atoms with Crippen LogP contribution in [0.3, 0.4) is 0 Å². The maximum atomic E-state index is 5.69. The number of pyridine rings is 1. The summed E-state index contributed by atoms with van der Waals surface area (Å²) in [4.78, 5) is 6.65. The summed E-state index contributed by atoms with van der Waals surface area (Å²) in [7, 11) is 4.28. The fourth-order valence-corrected chi connectivity index (χ4v) is 2.15. The normalized spacial score (nSPS) is 20.9. The molecule has 86 valence electrons. The van der Waals surface area contributed by atoms with Gasteiger partial charge in [0.15, 0.2) is 0 Å². The highest BCUT2D eigenvalue weighted by molar-refractivity contribution is 5.64. The van der Waals surface area contributed by atoms with Crippen LogP contribution in [0.4, 0.5) is 5.82 Å². The Morgan fingerprint density at radius 3 is 2.75 bits per heavy atom. The van der Waals surface area contributed by atoms with E-state index >= 15 is 0 Å². The average molecular weight is 217 g/mol. The van der Waals surface area contributed by atoms with Gasteiger partial charge in [0.1, 0.15) is 5.82 Å². The number of aromatic nitrogens is 1. The van der Waals surface area contributed by atoms with Gasteiger partial charge >= 0.3 is 0 Å². The fourth-order valence-electron chi connectivity index (χ4n) is 2.15. The molecule has 1 heterocycles. The van der Waals surface area contributed by atoms with Gasteiger partial charge in [0.25, 0.3) is 0 Å². The van der Waals surface area contributed by atoms with E-state index in [0.29, 0.717) is 11.9 Å². The predicted octanol–water partition coefficient (Wildman–Crippen LogP) is 2.16. The summed E-state index contributed by atoms with van der Waals surface area (Å²) in [6.07, 6.45) is 5.71. The summed E-state index contributed by atoms with van der Waals surface area (Å²) in [5.41, 5.74) is 8.07. The van der Waals surface area contributed by atoms with E-state index < -0.39 is 0 Å². The molecule has 0 saturated heterocycles. The van der Waals surface area contributed by atoms with Crippen LogP contribution in [0.2, 0.25) is 0 Å². The number of nitrogens with two attached hydrogens (primary N) is 1. The minimum atomic E-state index is 0.605. The second-order valence-electron chi connectivity index (χ2n) is 4.57. The summed E-state index contributed by atoms with van der Waals surface area (Å²) in [5.74, 6) is 0.605. The molecule has 2 rings (SSSR count). The van der Waals surface area contributed by atoms with Crippen molar-refractivity contribution in [2.24, 2.45) is 0 Å². The van der Waals surface area contributed by atoms with Gasteiger partial charge < -0.3 is 10.6 Å². The maximum absolute atomic E-state index is 5.69. The molecule has 1 aliphatic rings. The molecule has 0 saturated carbocycles. The van der Waals surface area contributed by atoms with E-state index in [-0.39, 0.29) is 0 Å². The van der Waals surface area contributed by atoms with E-state index in [1.165, 1.54) is 12.0 Å². The van der Waals surface area contributed by atoms with E-state index in [2.05, 4.69) is 30.1 Å². The molecule has 0 amide bonds. The zero-order valence-corrected chi connectivity index (χ0v) is 9.98. The van der Waals surface area contributed by atoms with Gasteiger partial charge in [0.2, 0.25) is 0 Å². The lowest BCUT2D eigenvalue weighted by molar-refractivity contribution is 0.277. The molecule has 1 aromatic heterocycles. The third-order valence-corrected chi connectivity index (χ3v) is 3.21. The van der Waals surface area contributed by atoms with Gasteiger partial charge in [-0.1, -0.05) is 12.1 Å². The van der Waals surface area contributed by atoms with Crippen LogP contribution < -0.4 is 5.73 Å². The van der Waals surface area contributed by atoms with Crippen LogP contribution in [-0.2, 0) is 0 Å². The molecule has 3 nitrogen and oxygen atoms in total. The Labute approximate surface area is 97.0 Å². The maximum Gasteiger partial charge on any atom is 0.124 e. The van der Waals surface area contributed by atoms with Gasteiger partial charge in [-0.25, -0.2) is 4.98 Å². The van der Waals surface area contributed by atoms with Crippen molar-refractivity contribution >= 4 is 11.4 Å². The molecule has 0 aromatic carbocycles. The number of hydrogen-bond acceptors (Lipinski definition) is 3. The van der Waals surface area contributed by atoms with Crippen LogP contribution in [0.1, 0.15) is 25.0 Å². The molecule has 2 N–H and O–H groups in total. The number of nitrogens with zero attached hydrogens (tertiary/aromatic N) is 2. The van der Waals surface area contributed by atoms with Crippen molar-refractivity contribution in [3.8, 4) is 0 Å². The Morgan fingerprint density at radius 1 is 1.38 bits per heavy atom. The van der Waals surface area contributed by atoms with Gasteiger partial charge in [0, 0.05) is 6.04 Å². The van der Waals surface area contributed by atoms with Gasteiger partial charge in [-0.2, -0.15) is 0 Å². The summed E-state index contributed by atoms with van der Waals surface area (Å²) >= 11 is 0. The first-order valence-electron chi connectivity index (χ1n) is 5.75. The van der Waals surface area contributed by atoms with Crippen molar-refractivity contribution in [3.05, 3.63) is 30.0 Å². The SMILES string of the molecule is CN(C)C1CC=C(c2cccc(N)n2)CC1. The zero-order valence-electron chi connectivity index (χ0n) is 9.98. The first kappa shape index (κ1) is 11.1. The second-order valence-corrected chi connectivity index (χ2v) is 4.57. The first-order chi connectivity index (χ1) is 7.66. The molecule has 0 bridgehead atoms. The minimum absolute atomic E-state index is 0.605. The van der Waals surface area contributed by atoms with Crippen LogP contribution in [0.25, 0.3) is 5.57 Å². The lowest BCUT2D eigenvalue weighted by Gasteiger charge is -2.27. The topological polar surface area (TPSA) is 42.1 Å². The van der Waals surface area contributed by atoms with Crippen LogP contribution >= 0.6 is 0 Å². The Hall–Kier alpha value is -1.35. The summed E-state index contributed by atoms with van der Waals surface area (Å²) in [6.45, 7) is 0. The molecule has 1 atom stereocenters. The lowest BCUT2D eigenvalue weighted by atomic mass is 9.92. The molecular weight excluding hydrogens is 198 g/mol. The van der Waals surface area contributed by atoms with Crippen molar-refractivity contribution in [1.29, 1.82) is 0 Å². The number of allylic oxidation sites excluding steroid dienone is 1. The minimum Gasteiger partial charge on any atom is -0.384 e. The monoisotopic (exact) mass is 217 g/mol. The molecule has 0 fully saturated rings. The van der Waals surface area contributed by atoms with Crippen molar-refractivity contribution < 1.29 is 0 Å². The molecule has 1 aromatic rings. The number of anilines is 1. The smallest absolute Gasteiger partial charge is 0.124 e. The van der Waals surface area contributed by atoms with E-state index in [1.807, 2.05) is 18.2 Å². The molecular formula is C13H19N3. The van der Waals surface area contributed by atoms with E-state index in [1.54, 1.807) is 0 Å². The van der Waals surface area contributed by atoms with Crippen molar-refractivity contribution in [2.45, 2.75) is 25.3 Å². The molecule has 0 spiro atoms. The number of hydrogen-bond donors (Lipinski definition) is 1. The zero-order chi connectivity index (χ0) is 11.5. The first-order valence-corrected chi connectivity index (χ1v) is 5.75. The van der Waals surface area contributed by atoms with Crippen LogP contribution in [0.5, 0.6) is 0 Å².